The van der Waals surface area contributed by atoms with Crippen molar-refractivity contribution in [3.8, 4) is 12.1 Å². The maximum absolute atomic E-state index is 12.2. The molecule has 0 bridgehead atoms. The van der Waals surface area contributed by atoms with Gasteiger partial charge in [0, 0.05) is 12.4 Å². The molecule has 2 rings (SSSR count). The highest BCUT2D eigenvalue weighted by molar-refractivity contribution is 6.06. The van der Waals surface area contributed by atoms with Gasteiger partial charge in [-0.05, 0) is 49.2 Å². The smallest absolute Gasteiger partial charge is 0.251 e. The van der Waals surface area contributed by atoms with Crippen LogP contribution in [0.15, 0.2) is 58.5 Å². The van der Waals surface area contributed by atoms with Crippen LogP contribution in [0.5, 0.6) is 0 Å². The molecule has 0 aliphatic rings. The van der Waals surface area contributed by atoms with Gasteiger partial charge in [0.15, 0.2) is 0 Å². The van der Waals surface area contributed by atoms with Crippen molar-refractivity contribution in [2.24, 2.45) is 9.98 Å². The van der Waals surface area contributed by atoms with E-state index >= 15 is 0 Å². The molecule has 2 aromatic carbocycles. The molecule has 2 aromatic rings. The number of carbonyl (C=O) groups is 2. The monoisotopic (exact) mass is 427 g/mol. The molecule has 0 saturated carbocycles. The molecule has 0 heterocycles. The van der Waals surface area contributed by atoms with Crippen LogP contribution >= 0.6 is 0 Å². The second-order valence-corrected chi connectivity index (χ2v) is 6.73. The van der Waals surface area contributed by atoms with Gasteiger partial charge < -0.3 is 0 Å². The summed E-state index contributed by atoms with van der Waals surface area (Å²) >= 11 is 0. The zero-order valence-corrected chi connectivity index (χ0v) is 17.5. The molecule has 32 heavy (non-hydrogen) atoms. The molecule has 0 aliphatic heterocycles. The van der Waals surface area contributed by atoms with E-state index < -0.39 is 29.9 Å². The number of rotatable bonds is 6. The Balaban J connectivity index is 1.84. The molecule has 0 aliphatic carbocycles. The third-order valence-electron chi connectivity index (χ3n) is 4.23. The first kappa shape index (κ1) is 23.6. The molecule has 0 radical (unpaired) electrons. The predicted molar refractivity (Wildman–Crippen MR) is 120 cm³/mol. The SMILES string of the molecule is CC(N=Cc1ccc(C#N)cc1)C(=O)NC(=N)NC(=O)C(C)N=Cc1ccc(C#N)cc1. The summed E-state index contributed by atoms with van der Waals surface area (Å²) in [5, 5.41) is 29.9. The van der Waals surface area contributed by atoms with Crippen molar-refractivity contribution < 1.29 is 9.59 Å². The van der Waals surface area contributed by atoms with E-state index in [1.165, 1.54) is 12.4 Å². The third kappa shape index (κ3) is 7.32. The molecule has 3 N–H and O–H groups in total. The molecule has 0 aromatic heterocycles. The first-order chi connectivity index (χ1) is 15.3. The lowest BCUT2D eigenvalue weighted by atomic mass is 10.1. The Morgan fingerprint density at radius 2 is 1.16 bits per heavy atom. The Labute approximate surface area is 185 Å². The molecule has 9 heteroatoms. The van der Waals surface area contributed by atoms with Crippen LogP contribution in [0.25, 0.3) is 0 Å². The predicted octanol–water partition coefficient (Wildman–Crippen LogP) is 1.91. The van der Waals surface area contributed by atoms with E-state index in [1.54, 1.807) is 62.4 Å². The summed E-state index contributed by atoms with van der Waals surface area (Å²) in [6, 6.07) is 15.8. The molecule has 2 amide bonds. The standard InChI is InChI=1S/C23H21N7O2/c1-15(27-13-19-7-3-17(11-24)4-8-19)21(31)29-23(26)30-22(32)16(2)28-14-20-9-5-18(12-25)6-10-20/h3-10,13-16H,1-2H3,(H3,26,29,30,31,32). The number of hydrogen-bond donors (Lipinski definition) is 3. The normalized spacial score (nSPS) is 12.5. The quantitative estimate of drug-likeness (QED) is 0.476. The van der Waals surface area contributed by atoms with E-state index in [1.807, 2.05) is 12.1 Å². The van der Waals surface area contributed by atoms with Crippen molar-refractivity contribution in [2.45, 2.75) is 25.9 Å². The second kappa shape index (κ2) is 11.5. The number of guanidine groups is 1. The molecule has 2 atom stereocenters. The fraction of sp³-hybridized carbons (Fsp3) is 0.174. The fourth-order valence-corrected chi connectivity index (χ4v) is 2.31. The molecule has 0 saturated heterocycles. The zero-order valence-electron chi connectivity index (χ0n) is 17.5. The van der Waals surface area contributed by atoms with Gasteiger partial charge in [0.2, 0.25) is 5.96 Å². The topological polar surface area (TPSA) is 154 Å². The van der Waals surface area contributed by atoms with E-state index in [0.717, 1.165) is 11.1 Å². The minimum atomic E-state index is -0.797. The summed E-state index contributed by atoms with van der Waals surface area (Å²) in [5.74, 6) is -1.59. The van der Waals surface area contributed by atoms with Gasteiger partial charge in [-0.2, -0.15) is 10.5 Å². The number of nitriles is 2. The van der Waals surface area contributed by atoms with Gasteiger partial charge >= 0.3 is 0 Å². The molecule has 0 spiro atoms. The van der Waals surface area contributed by atoms with Gasteiger partial charge in [-0.3, -0.25) is 35.6 Å². The van der Waals surface area contributed by atoms with Gasteiger partial charge in [0.05, 0.1) is 23.3 Å². The highest BCUT2D eigenvalue weighted by atomic mass is 16.2. The summed E-state index contributed by atoms with van der Waals surface area (Å²) in [4.78, 5) is 32.6. The summed E-state index contributed by atoms with van der Waals surface area (Å²) < 4.78 is 0. The number of benzene rings is 2. The number of hydrogen-bond acceptors (Lipinski definition) is 7. The zero-order chi connectivity index (χ0) is 23.5. The van der Waals surface area contributed by atoms with Crippen molar-refractivity contribution >= 4 is 30.2 Å². The van der Waals surface area contributed by atoms with E-state index in [4.69, 9.17) is 15.9 Å². The van der Waals surface area contributed by atoms with Crippen LogP contribution in [0, 0.1) is 28.1 Å². The van der Waals surface area contributed by atoms with Crippen molar-refractivity contribution in [1.29, 1.82) is 15.9 Å². The molecular weight excluding hydrogens is 406 g/mol. The molecule has 160 valence electrons. The largest absolute Gasteiger partial charge is 0.295 e. The minimum absolute atomic E-state index is 0.471. The first-order valence-corrected chi connectivity index (χ1v) is 9.59. The average Bonchev–Trinajstić information content (AvgIpc) is 2.81. The van der Waals surface area contributed by atoms with Crippen LogP contribution < -0.4 is 10.6 Å². The Kier molecular flexibility index (Phi) is 8.52. The lowest BCUT2D eigenvalue weighted by Crippen LogP contribution is -2.48. The van der Waals surface area contributed by atoms with Crippen LogP contribution in [0.4, 0.5) is 0 Å². The van der Waals surface area contributed by atoms with Crippen molar-refractivity contribution in [3.63, 3.8) is 0 Å². The second-order valence-electron chi connectivity index (χ2n) is 6.73. The lowest BCUT2D eigenvalue weighted by Gasteiger charge is -2.12. The number of aliphatic imine (C=N–C) groups is 2. The van der Waals surface area contributed by atoms with Crippen molar-refractivity contribution in [3.05, 3.63) is 70.8 Å². The summed E-state index contributed by atoms with van der Waals surface area (Å²) in [7, 11) is 0. The van der Waals surface area contributed by atoms with Crippen LogP contribution in [0.2, 0.25) is 0 Å². The van der Waals surface area contributed by atoms with Gasteiger partial charge in [-0.15, -0.1) is 0 Å². The minimum Gasteiger partial charge on any atom is -0.295 e. The summed E-state index contributed by atoms with van der Waals surface area (Å²) in [6.07, 6.45) is 2.99. The number of nitrogens with one attached hydrogen (secondary N) is 3. The van der Waals surface area contributed by atoms with E-state index in [9.17, 15) is 9.59 Å². The number of carbonyl (C=O) groups excluding carboxylic acids is 2. The summed E-state index contributed by atoms with van der Waals surface area (Å²) in [6.45, 7) is 3.10. The number of amides is 2. The Hall–Kier alpha value is -4.63. The molecule has 2 unspecified atom stereocenters. The van der Waals surface area contributed by atoms with Crippen LogP contribution in [0.1, 0.15) is 36.1 Å². The Bertz CT molecular complexity index is 1030. The Morgan fingerprint density at radius 3 is 1.47 bits per heavy atom. The van der Waals surface area contributed by atoms with Gasteiger partial charge in [-0.25, -0.2) is 0 Å². The van der Waals surface area contributed by atoms with Gasteiger partial charge in [-0.1, -0.05) is 24.3 Å². The van der Waals surface area contributed by atoms with Crippen molar-refractivity contribution in [2.75, 3.05) is 0 Å². The average molecular weight is 427 g/mol. The van der Waals surface area contributed by atoms with Crippen LogP contribution in [-0.2, 0) is 9.59 Å². The Morgan fingerprint density at radius 1 is 0.812 bits per heavy atom. The maximum Gasteiger partial charge on any atom is 0.251 e. The lowest BCUT2D eigenvalue weighted by molar-refractivity contribution is -0.121. The van der Waals surface area contributed by atoms with Gasteiger partial charge in [0.25, 0.3) is 11.8 Å². The van der Waals surface area contributed by atoms with Crippen molar-refractivity contribution in [1.82, 2.24) is 10.6 Å². The highest BCUT2D eigenvalue weighted by Gasteiger charge is 2.16. The van der Waals surface area contributed by atoms with E-state index in [0.29, 0.717) is 11.1 Å². The summed E-state index contributed by atoms with van der Waals surface area (Å²) in [5.41, 5.74) is 2.49. The molecule has 9 nitrogen and oxygen atoms in total. The molecular formula is C23H21N7O2. The number of nitrogens with zero attached hydrogens (tertiary/aromatic N) is 4. The molecule has 0 fully saturated rings. The van der Waals surface area contributed by atoms with Gasteiger partial charge in [0.1, 0.15) is 12.1 Å². The maximum atomic E-state index is 12.2. The fourth-order valence-electron chi connectivity index (χ4n) is 2.31. The highest BCUT2D eigenvalue weighted by Crippen LogP contribution is 2.03. The van der Waals surface area contributed by atoms with Crippen LogP contribution in [0.3, 0.4) is 0 Å². The van der Waals surface area contributed by atoms with E-state index in [2.05, 4.69) is 20.6 Å². The third-order valence-corrected chi connectivity index (χ3v) is 4.23. The van der Waals surface area contributed by atoms with E-state index in [-0.39, 0.29) is 0 Å². The first-order valence-electron chi connectivity index (χ1n) is 9.59. The van der Waals surface area contributed by atoms with Crippen LogP contribution in [-0.4, -0.2) is 42.3 Å².